The summed E-state index contributed by atoms with van der Waals surface area (Å²) >= 11 is 0. The maximum absolute atomic E-state index is 12.4. The molecule has 3 aromatic rings. The maximum atomic E-state index is 12.4. The summed E-state index contributed by atoms with van der Waals surface area (Å²) < 4.78 is 0. The van der Waals surface area contributed by atoms with Gasteiger partial charge in [-0.3, -0.25) is 14.6 Å². The van der Waals surface area contributed by atoms with E-state index in [1.54, 1.807) is 24.3 Å². The first-order valence-electron chi connectivity index (χ1n) is 8.13. The van der Waals surface area contributed by atoms with Crippen LogP contribution in [-0.2, 0) is 0 Å². The van der Waals surface area contributed by atoms with E-state index in [-0.39, 0.29) is 17.5 Å². The second-order valence-corrected chi connectivity index (χ2v) is 6.03. The van der Waals surface area contributed by atoms with Crippen LogP contribution in [0.4, 0.5) is 5.69 Å². The molecule has 1 saturated carbocycles. The van der Waals surface area contributed by atoms with Gasteiger partial charge in [-0.15, -0.1) is 0 Å². The van der Waals surface area contributed by atoms with Gasteiger partial charge < -0.3 is 10.6 Å². The Labute approximate surface area is 144 Å². The van der Waals surface area contributed by atoms with Gasteiger partial charge in [0.25, 0.3) is 11.8 Å². The number of carbonyl (C=O) groups is 2. The molecule has 1 aliphatic rings. The number of hydrogen-bond acceptors (Lipinski definition) is 4. The highest BCUT2D eigenvalue weighted by atomic mass is 16.2. The highest BCUT2D eigenvalue weighted by Crippen LogP contribution is 2.20. The van der Waals surface area contributed by atoms with Gasteiger partial charge in [0, 0.05) is 17.3 Å². The lowest BCUT2D eigenvalue weighted by Crippen LogP contribution is -2.25. The Kier molecular flexibility index (Phi) is 3.85. The SMILES string of the molecule is O=C(NC1CC1)c1cccc(NC(=O)c2cnc3ccccc3n2)c1. The maximum Gasteiger partial charge on any atom is 0.275 e. The van der Waals surface area contributed by atoms with Gasteiger partial charge in [0.05, 0.1) is 17.2 Å². The van der Waals surface area contributed by atoms with E-state index in [2.05, 4.69) is 20.6 Å². The van der Waals surface area contributed by atoms with Crippen molar-refractivity contribution in [1.29, 1.82) is 0 Å². The molecule has 1 aromatic heterocycles. The normalized spacial score (nSPS) is 13.4. The zero-order chi connectivity index (χ0) is 17.2. The third kappa shape index (κ3) is 3.47. The van der Waals surface area contributed by atoms with Crippen LogP contribution in [0.15, 0.2) is 54.7 Å². The van der Waals surface area contributed by atoms with Crippen molar-refractivity contribution in [3.63, 3.8) is 0 Å². The number of hydrogen-bond donors (Lipinski definition) is 2. The Bertz CT molecular complexity index is 966. The van der Waals surface area contributed by atoms with Crippen LogP contribution in [0.3, 0.4) is 0 Å². The zero-order valence-electron chi connectivity index (χ0n) is 13.4. The molecule has 2 aromatic carbocycles. The van der Waals surface area contributed by atoms with Gasteiger partial charge in [0.1, 0.15) is 5.69 Å². The number of anilines is 1. The molecule has 0 spiro atoms. The lowest BCUT2D eigenvalue weighted by atomic mass is 10.2. The first-order chi connectivity index (χ1) is 12.2. The van der Waals surface area contributed by atoms with Crippen molar-refractivity contribution in [3.05, 3.63) is 66.0 Å². The summed E-state index contributed by atoms with van der Waals surface area (Å²) in [6.07, 6.45) is 3.51. The van der Waals surface area contributed by atoms with E-state index in [1.165, 1.54) is 6.20 Å². The van der Waals surface area contributed by atoms with E-state index >= 15 is 0 Å². The molecule has 0 atom stereocenters. The van der Waals surface area contributed by atoms with Gasteiger partial charge >= 0.3 is 0 Å². The van der Waals surface area contributed by atoms with Gasteiger partial charge in [0.15, 0.2) is 0 Å². The summed E-state index contributed by atoms with van der Waals surface area (Å²) in [6.45, 7) is 0. The molecular weight excluding hydrogens is 316 g/mol. The molecule has 1 aliphatic carbocycles. The highest BCUT2D eigenvalue weighted by molar-refractivity contribution is 6.04. The van der Waals surface area contributed by atoms with Gasteiger partial charge in [-0.05, 0) is 43.2 Å². The predicted molar refractivity (Wildman–Crippen MR) is 94.4 cm³/mol. The van der Waals surface area contributed by atoms with Gasteiger partial charge in [-0.1, -0.05) is 18.2 Å². The molecule has 0 radical (unpaired) electrons. The summed E-state index contributed by atoms with van der Waals surface area (Å²) in [5.74, 6) is -0.484. The van der Waals surface area contributed by atoms with Crippen molar-refractivity contribution in [1.82, 2.24) is 15.3 Å². The van der Waals surface area contributed by atoms with Gasteiger partial charge in [-0.2, -0.15) is 0 Å². The largest absolute Gasteiger partial charge is 0.349 e. The minimum atomic E-state index is -0.363. The molecule has 6 heteroatoms. The highest BCUT2D eigenvalue weighted by Gasteiger charge is 2.23. The molecule has 2 amide bonds. The van der Waals surface area contributed by atoms with Gasteiger partial charge in [-0.25, -0.2) is 4.98 Å². The summed E-state index contributed by atoms with van der Waals surface area (Å²) in [5, 5.41) is 5.69. The molecule has 0 saturated heterocycles. The fourth-order valence-corrected chi connectivity index (χ4v) is 2.50. The predicted octanol–water partition coefficient (Wildman–Crippen LogP) is 2.77. The lowest BCUT2D eigenvalue weighted by molar-refractivity contribution is 0.0949. The van der Waals surface area contributed by atoms with Crippen LogP contribution in [0.25, 0.3) is 11.0 Å². The van der Waals surface area contributed by atoms with Crippen LogP contribution >= 0.6 is 0 Å². The average molecular weight is 332 g/mol. The smallest absolute Gasteiger partial charge is 0.275 e. The molecule has 25 heavy (non-hydrogen) atoms. The number of amides is 2. The van der Waals surface area contributed by atoms with Crippen LogP contribution in [0.2, 0.25) is 0 Å². The standard InChI is InChI=1S/C19H16N4O2/c24-18(21-13-8-9-13)12-4-3-5-14(10-12)22-19(25)17-11-20-15-6-1-2-7-16(15)23-17/h1-7,10-11,13H,8-9H2,(H,21,24)(H,22,25). The third-order valence-electron chi connectivity index (χ3n) is 3.98. The molecule has 1 heterocycles. The Morgan fingerprint density at radius 2 is 1.76 bits per heavy atom. The average Bonchev–Trinajstić information content (AvgIpc) is 3.45. The number of nitrogens with one attached hydrogen (secondary N) is 2. The Balaban J connectivity index is 1.52. The number of para-hydroxylation sites is 2. The Morgan fingerprint density at radius 3 is 2.56 bits per heavy atom. The monoisotopic (exact) mass is 332 g/mol. The van der Waals surface area contributed by atoms with E-state index in [0.29, 0.717) is 22.8 Å². The Hall–Kier alpha value is -3.28. The number of aromatic nitrogens is 2. The zero-order valence-corrected chi connectivity index (χ0v) is 13.4. The molecule has 2 N–H and O–H groups in total. The molecular formula is C19H16N4O2. The van der Waals surface area contributed by atoms with E-state index in [1.807, 2.05) is 24.3 Å². The van der Waals surface area contributed by atoms with Crippen molar-refractivity contribution in [2.45, 2.75) is 18.9 Å². The summed E-state index contributed by atoms with van der Waals surface area (Å²) in [4.78, 5) is 33.1. The topological polar surface area (TPSA) is 84.0 Å². The molecule has 6 nitrogen and oxygen atoms in total. The van der Waals surface area contributed by atoms with E-state index in [4.69, 9.17) is 0 Å². The minimum Gasteiger partial charge on any atom is -0.349 e. The molecule has 1 fully saturated rings. The van der Waals surface area contributed by atoms with Crippen LogP contribution in [-0.4, -0.2) is 27.8 Å². The van der Waals surface area contributed by atoms with Crippen LogP contribution in [0, 0.1) is 0 Å². The summed E-state index contributed by atoms with van der Waals surface area (Å²) in [5.41, 5.74) is 2.69. The van der Waals surface area contributed by atoms with Crippen molar-refractivity contribution in [2.75, 3.05) is 5.32 Å². The number of fused-ring (bicyclic) bond motifs is 1. The molecule has 0 unspecified atom stereocenters. The fourth-order valence-electron chi connectivity index (χ4n) is 2.50. The van der Waals surface area contributed by atoms with E-state index in [0.717, 1.165) is 18.4 Å². The number of rotatable bonds is 4. The second kappa shape index (κ2) is 6.32. The van der Waals surface area contributed by atoms with Crippen molar-refractivity contribution in [2.24, 2.45) is 0 Å². The number of nitrogens with zero attached hydrogens (tertiary/aromatic N) is 2. The first-order valence-corrected chi connectivity index (χ1v) is 8.13. The molecule has 124 valence electrons. The molecule has 4 rings (SSSR count). The number of benzene rings is 2. The van der Waals surface area contributed by atoms with Crippen LogP contribution in [0.1, 0.15) is 33.7 Å². The summed E-state index contributed by atoms with van der Waals surface area (Å²) in [6, 6.07) is 14.5. The first kappa shape index (κ1) is 15.3. The molecule has 0 bridgehead atoms. The van der Waals surface area contributed by atoms with Crippen LogP contribution < -0.4 is 10.6 Å². The Morgan fingerprint density at radius 1 is 0.960 bits per heavy atom. The second-order valence-electron chi connectivity index (χ2n) is 6.03. The molecule has 0 aliphatic heterocycles. The summed E-state index contributed by atoms with van der Waals surface area (Å²) in [7, 11) is 0. The van der Waals surface area contributed by atoms with Gasteiger partial charge in [0.2, 0.25) is 0 Å². The van der Waals surface area contributed by atoms with Crippen LogP contribution in [0.5, 0.6) is 0 Å². The fraction of sp³-hybridized carbons (Fsp3) is 0.158. The minimum absolute atomic E-state index is 0.121. The van der Waals surface area contributed by atoms with Crippen molar-refractivity contribution >= 4 is 28.5 Å². The quantitative estimate of drug-likeness (QED) is 0.769. The lowest BCUT2D eigenvalue weighted by Gasteiger charge is -2.08. The van der Waals surface area contributed by atoms with E-state index < -0.39 is 0 Å². The van der Waals surface area contributed by atoms with Crippen molar-refractivity contribution < 1.29 is 9.59 Å². The van der Waals surface area contributed by atoms with Crippen molar-refractivity contribution in [3.8, 4) is 0 Å². The third-order valence-corrected chi connectivity index (χ3v) is 3.98. The van der Waals surface area contributed by atoms with E-state index in [9.17, 15) is 9.59 Å². The number of carbonyl (C=O) groups excluding carboxylic acids is 2.